The van der Waals surface area contributed by atoms with Crippen LogP contribution in [-0.4, -0.2) is 17.5 Å². The normalized spacial score (nSPS) is 10.7. The van der Waals surface area contributed by atoms with Gasteiger partial charge in [0.25, 0.3) is 5.91 Å². The summed E-state index contributed by atoms with van der Waals surface area (Å²) in [7, 11) is 0. The summed E-state index contributed by atoms with van der Waals surface area (Å²) in [5.41, 5.74) is 0.958. The second-order valence-electron chi connectivity index (χ2n) is 5.16. The first-order chi connectivity index (χ1) is 12.0. The maximum Gasteiger partial charge on any atom is 0.258 e. The lowest BCUT2D eigenvalue weighted by Crippen LogP contribution is -2.28. The van der Waals surface area contributed by atoms with E-state index in [2.05, 4.69) is 10.3 Å². The van der Waals surface area contributed by atoms with E-state index in [4.69, 9.17) is 16.3 Å². The summed E-state index contributed by atoms with van der Waals surface area (Å²) in [6.07, 6.45) is 0. The van der Waals surface area contributed by atoms with Crippen LogP contribution in [0.15, 0.2) is 35.7 Å². The van der Waals surface area contributed by atoms with Crippen LogP contribution in [0.25, 0.3) is 10.6 Å². The van der Waals surface area contributed by atoms with Gasteiger partial charge in [0.05, 0.1) is 27.1 Å². The molecule has 0 spiro atoms. The number of thiazole rings is 1. The third-order valence-corrected chi connectivity index (χ3v) is 5.42. The Kier molecular flexibility index (Phi) is 5.67. The average molecular weight is 397 g/mol. The number of hydrogen-bond acceptors (Lipinski definition) is 5. The van der Waals surface area contributed by atoms with Crippen molar-refractivity contribution < 1.29 is 13.9 Å². The third kappa shape index (κ3) is 4.78. The van der Waals surface area contributed by atoms with Crippen LogP contribution in [0.2, 0.25) is 5.02 Å². The summed E-state index contributed by atoms with van der Waals surface area (Å²) in [5.74, 6) is -0.457. The Morgan fingerprint density at radius 3 is 2.92 bits per heavy atom. The van der Waals surface area contributed by atoms with Crippen molar-refractivity contribution in [2.75, 3.05) is 6.61 Å². The molecule has 0 bridgehead atoms. The summed E-state index contributed by atoms with van der Waals surface area (Å²) in [4.78, 5) is 18.4. The Hall–Kier alpha value is -1.96. The maximum atomic E-state index is 13.0. The van der Waals surface area contributed by atoms with E-state index >= 15 is 0 Å². The SMILES string of the molecule is Cc1nc(-c2ccc(CNC(=O)COc3ccc(F)cc3Cl)s2)cs1. The number of aromatic nitrogens is 1. The fourth-order valence-electron chi connectivity index (χ4n) is 2.06. The van der Waals surface area contributed by atoms with E-state index in [1.165, 1.54) is 12.1 Å². The molecule has 0 aliphatic rings. The molecule has 4 nitrogen and oxygen atoms in total. The molecule has 0 saturated carbocycles. The predicted molar refractivity (Wildman–Crippen MR) is 98.9 cm³/mol. The molecule has 0 radical (unpaired) electrons. The van der Waals surface area contributed by atoms with E-state index in [0.29, 0.717) is 6.54 Å². The maximum absolute atomic E-state index is 13.0. The van der Waals surface area contributed by atoms with E-state index in [0.717, 1.165) is 26.5 Å². The van der Waals surface area contributed by atoms with Crippen LogP contribution in [-0.2, 0) is 11.3 Å². The van der Waals surface area contributed by atoms with Crippen LogP contribution in [0.3, 0.4) is 0 Å². The molecule has 1 amide bonds. The molecule has 0 atom stereocenters. The smallest absolute Gasteiger partial charge is 0.258 e. The highest BCUT2D eigenvalue weighted by Gasteiger charge is 2.09. The lowest BCUT2D eigenvalue weighted by atomic mass is 10.3. The molecular weight excluding hydrogens is 383 g/mol. The van der Waals surface area contributed by atoms with Gasteiger partial charge in [-0.15, -0.1) is 22.7 Å². The number of halogens is 2. The van der Waals surface area contributed by atoms with Crippen molar-refractivity contribution >= 4 is 40.2 Å². The minimum Gasteiger partial charge on any atom is -0.482 e. The zero-order valence-corrected chi connectivity index (χ0v) is 15.6. The number of aryl methyl sites for hydroxylation is 1. The zero-order chi connectivity index (χ0) is 17.8. The van der Waals surface area contributed by atoms with Gasteiger partial charge >= 0.3 is 0 Å². The molecule has 25 heavy (non-hydrogen) atoms. The molecule has 2 aromatic heterocycles. The van der Waals surface area contributed by atoms with Gasteiger partial charge in [0.1, 0.15) is 11.6 Å². The first-order valence-corrected chi connectivity index (χ1v) is 9.44. The van der Waals surface area contributed by atoms with Crippen LogP contribution < -0.4 is 10.1 Å². The Bertz CT molecular complexity index is 894. The van der Waals surface area contributed by atoms with E-state index in [1.54, 1.807) is 22.7 Å². The molecular formula is C17H14ClFN2O2S2. The Balaban J connectivity index is 1.50. The fraction of sp³-hybridized carbons (Fsp3) is 0.176. The van der Waals surface area contributed by atoms with Gasteiger partial charge in [-0.2, -0.15) is 0 Å². The van der Waals surface area contributed by atoms with Gasteiger partial charge in [0.2, 0.25) is 0 Å². The molecule has 2 heterocycles. The van der Waals surface area contributed by atoms with E-state index in [9.17, 15) is 9.18 Å². The van der Waals surface area contributed by atoms with Crippen molar-refractivity contribution in [2.24, 2.45) is 0 Å². The van der Waals surface area contributed by atoms with Gasteiger partial charge < -0.3 is 10.1 Å². The average Bonchev–Trinajstić information content (AvgIpc) is 3.21. The summed E-state index contributed by atoms with van der Waals surface area (Å²) >= 11 is 9.04. The van der Waals surface area contributed by atoms with Gasteiger partial charge in [-0.1, -0.05) is 11.6 Å². The monoisotopic (exact) mass is 396 g/mol. The molecule has 0 unspecified atom stereocenters. The summed E-state index contributed by atoms with van der Waals surface area (Å²) in [5, 5.41) is 5.96. The molecule has 0 aliphatic heterocycles. The third-order valence-electron chi connectivity index (χ3n) is 3.25. The Morgan fingerprint density at radius 2 is 2.20 bits per heavy atom. The van der Waals surface area contributed by atoms with Gasteiger partial charge in [-0.05, 0) is 37.3 Å². The second-order valence-corrected chi connectivity index (χ2v) is 7.80. The molecule has 8 heteroatoms. The number of carbonyl (C=O) groups is 1. The summed E-state index contributed by atoms with van der Waals surface area (Å²) < 4.78 is 18.3. The van der Waals surface area contributed by atoms with E-state index in [1.807, 2.05) is 24.4 Å². The molecule has 3 aromatic rings. The summed E-state index contributed by atoms with van der Waals surface area (Å²) in [6, 6.07) is 7.73. The Morgan fingerprint density at radius 1 is 1.36 bits per heavy atom. The van der Waals surface area contributed by atoms with Crippen molar-refractivity contribution in [1.29, 1.82) is 0 Å². The van der Waals surface area contributed by atoms with Crippen molar-refractivity contribution in [3.8, 4) is 16.3 Å². The summed E-state index contributed by atoms with van der Waals surface area (Å²) in [6.45, 7) is 2.19. The number of thiophene rings is 1. The molecule has 3 rings (SSSR count). The first kappa shape index (κ1) is 17.8. The molecule has 130 valence electrons. The quantitative estimate of drug-likeness (QED) is 0.658. The largest absolute Gasteiger partial charge is 0.482 e. The minimum atomic E-state index is -0.453. The van der Waals surface area contributed by atoms with Crippen LogP contribution in [0, 0.1) is 12.7 Å². The molecule has 0 fully saturated rings. The Labute approximate surface area is 157 Å². The molecule has 1 aromatic carbocycles. The number of nitrogens with one attached hydrogen (secondary N) is 1. The number of amides is 1. The van der Waals surface area contributed by atoms with Crippen molar-refractivity contribution in [3.63, 3.8) is 0 Å². The van der Waals surface area contributed by atoms with Gasteiger partial charge in [0.15, 0.2) is 6.61 Å². The topological polar surface area (TPSA) is 51.2 Å². The van der Waals surface area contributed by atoms with Crippen molar-refractivity contribution in [2.45, 2.75) is 13.5 Å². The lowest BCUT2D eigenvalue weighted by Gasteiger charge is -2.08. The number of rotatable bonds is 6. The highest BCUT2D eigenvalue weighted by atomic mass is 35.5. The first-order valence-electron chi connectivity index (χ1n) is 7.37. The van der Waals surface area contributed by atoms with Crippen LogP contribution in [0.4, 0.5) is 4.39 Å². The number of nitrogens with zero attached hydrogens (tertiary/aromatic N) is 1. The zero-order valence-electron chi connectivity index (χ0n) is 13.2. The van der Waals surface area contributed by atoms with Crippen LogP contribution in [0.1, 0.15) is 9.88 Å². The number of hydrogen-bond donors (Lipinski definition) is 1. The molecule has 0 aliphatic carbocycles. The van der Waals surface area contributed by atoms with Gasteiger partial charge in [0, 0.05) is 10.3 Å². The molecule has 0 saturated heterocycles. The number of benzene rings is 1. The number of ether oxygens (including phenoxy) is 1. The number of carbonyl (C=O) groups excluding carboxylic acids is 1. The van der Waals surface area contributed by atoms with E-state index in [-0.39, 0.29) is 23.3 Å². The van der Waals surface area contributed by atoms with Crippen molar-refractivity contribution in [1.82, 2.24) is 10.3 Å². The fourth-order valence-corrected chi connectivity index (χ4v) is 3.88. The predicted octanol–water partition coefficient (Wildman–Crippen LogP) is 4.67. The van der Waals surface area contributed by atoms with E-state index < -0.39 is 5.82 Å². The standard InChI is InChI=1S/C17H14ClFN2O2S2/c1-10-21-14(9-24-10)16-5-3-12(25-16)7-20-17(22)8-23-15-4-2-11(19)6-13(15)18/h2-6,9H,7-8H2,1H3,(H,20,22). The highest BCUT2D eigenvalue weighted by Crippen LogP contribution is 2.29. The minimum absolute atomic E-state index is 0.134. The van der Waals surface area contributed by atoms with Crippen molar-refractivity contribution in [3.05, 3.63) is 56.4 Å². The van der Waals surface area contributed by atoms with Crippen LogP contribution >= 0.6 is 34.3 Å². The lowest BCUT2D eigenvalue weighted by molar-refractivity contribution is -0.123. The second kappa shape index (κ2) is 7.95. The molecule has 1 N–H and O–H groups in total. The van der Waals surface area contributed by atoms with Crippen LogP contribution in [0.5, 0.6) is 5.75 Å². The van der Waals surface area contributed by atoms with Gasteiger partial charge in [-0.3, -0.25) is 4.79 Å². The highest BCUT2D eigenvalue weighted by molar-refractivity contribution is 7.16. The van der Waals surface area contributed by atoms with Gasteiger partial charge in [-0.25, -0.2) is 9.37 Å².